The highest BCUT2D eigenvalue weighted by molar-refractivity contribution is 7.11. The summed E-state index contributed by atoms with van der Waals surface area (Å²) in [6.45, 7) is 0. The summed E-state index contributed by atoms with van der Waals surface area (Å²) in [7, 11) is 0. The average molecular weight is 502 g/mol. The van der Waals surface area contributed by atoms with E-state index in [1.54, 1.807) is 60.0 Å². The van der Waals surface area contributed by atoms with Crippen LogP contribution in [0.3, 0.4) is 0 Å². The van der Waals surface area contributed by atoms with Gasteiger partial charge in [-0.2, -0.15) is 5.26 Å². The molecule has 2 aromatic carbocycles. The second-order valence-electron chi connectivity index (χ2n) is 7.34. The molecule has 0 radical (unpaired) electrons. The SMILES string of the molecule is N#C/C(=C\c1ccc(-c2ccc([N+](=O)[O-])cc2)o1)c1nc(-c2cc3cc(Cl)ccc3oc2=O)cs1. The van der Waals surface area contributed by atoms with Gasteiger partial charge in [0.05, 0.1) is 21.8 Å². The quantitative estimate of drug-likeness (QED) is 0.112. The van der Waals surface area contributed by atoms with Gasteiger partial charge in [-0.15, -0.1) is 11.3 Å². The first-order valence-electron chi connectivity index (χ1n) is 10.1. The fourth-order valence-corrected chi connectivity index (χ4v) is 4.38. The molecule has 0 spiro atoms. The van der Waals surface area contributed by atoms with Crippen LogP contribution in [0.2, 0.25) is 5.02 Å². The van der Waals surface area contributed by atoms with Gasteiger partial charge in [0.2, 0.25) is 0 Å². The zero-order chi connectivity index (χ0) is 24.5. The van der Waals surface area contributed by atoms with E-state index in [9.17, 15) is 20.2 Å². The fraction of sp³-hybridized carbons (Fsp3) is 0. The molecule has 0 saturated heterocycles. The molecule has 0 saturated carbocycles. The van der Waals surface area contributed by atoms with E-state index in [0.717, 1.165) is 0 Å². The van der Waals surface area contributed by atoms with Crippen molar-refractivity contribution in [2.24, 2.45) is 0 Å². The van der Waals surface area contributed by atoms with Gasteiger partial charge in [0.25, 0.3) is 5.69 Å². The lowest BCUT2D eigenvalue weighted by Crippen LogP contribution is -2.02. The zero-order valence-electron chi connectivity index (χ0n) is 17.6. The largest absolute Gasteiger partial charge is 0.457 e. The van der Waals surface area contributed by atoms with Gasteiger partial charge in [0, 0.05) is 39.6 Å². The molecule has 5 aromatic rings. The maximum absolute atomic E-state index is 12.5. The van der Waals surface area contributed by atoms with Gasteiger partial charge in [0.1, 0.15) is 28.2 Å². The lowest BCUT2D eigenvalue weighted by atomic mass is 10.1. The summed E-state index contributed by atoms with van der Waals surface area (Å²) < 4.78 is 11.2. The van der Waals surface area contributed by atoms with Crippen LogP contribution in [-0.4, -0.2) is 9.91 Å². The molecule has 0 aliphatic heterocycles. The van der Waals surface area contributed by atoms with E-state index in [1.165, 1.54) is 23.5 Å². The molecule has 0 atom stereocenters. The molecule has 0 fully saturated rings. The number of nitrogens with zero attached hydrogens (tertiary/aromatic N) is 3. The van der Waals surface area contributed by atoms with Crippen molar-refractivity contribution < 1.29 is 13.8 Å². The highest BCUT2D eigenvalue weighted by Crippen LogP contribution is 2.30. The number of aromatic nitrogens is 1. The van der Waals surface area contributed by atoms with E-state index in [0.29, 0.717) is 43.8 Å². The number of halogens is 1. The van der Waals surface area contributed by atoms with Crippen molar-refractivity contribution in [3.8, 4) is 28.7 Å². The van der Waals surface area contributed by atoms with E-state index < -0.39 is 10.5 Å². The number of furan rings is 1. The minimum absolute atomic E-state index is 0.0182. The maximum Gasteiger partial charge on any atom is 0.345 e. The molecule has 8 nitrogen and oxygen atoms in total. The molecular formula is C25H12ClN3O5S. The van der Waals surface area contributed by atoms with Crippen LogP contribution in [0.5, 0.6) is 0 Å². The second kappa shape index (κ2) is 9.02. The Morgan fingerprint density at radius 3 is 2.66 bits per heavy atom. The third-order valence-electron chi connectivity index (χ3n) is 5.10. The molecule has 0 aliphatic rings. The van der Waals surface area contributed by atoms with E-state index >= 15 is 0 Å². The van der Waals surface area contributed by atoms with Gasteiger partial charge in [-0.25, -0.2) is 9.78 Å². The number of hydrogen-bond acceptors (Lipinski definition) is 8. The number of nitro groups is 1. The normalized spacial score (nSPS) is 11.5. The Morgan fingerprint density at radius 1 is 1.11 bits per heavy atom. The van der Waals surface area contributed by atoms with E-state index in [2.05, 4.69) is 11.1 Å². The Hall–Kier alpha value is -4.52. The highest BCUT2D eigenvalue weighted by atomic mass is 35.5. The van der Waals surface area contributed by atoms with Gasteiger partial charge in [-0.1, -0.05) is 11.6 Å². The number of thiazole rings is 1. The summed E-state index contributed by atoms with van der Waals surface area (Å²) in [5.41, 5.74) is 1.41. The molecule has 0 bridgehead atoms. The fourth-order valence-electron chi connectivity index (χ4n) is 3.41. The Balaban J connectivity index is 1.45. The van der Waals surface area contributed by atoms with E-state index in [4.69, 9.17) is 20.4 Å². The minimum atomic E-state index is -0.544. The Kier molecular flexibility index (Phi) is 5.74. The Morgan fingerprint density at radius 2 is 1.91 bits per heavy atom. The summed E-state index contributed by atoms with van der Waals surface area (Å²) in [5.74, 6) is 0.905. The molecule has 10 heteroatoms. The van der Waals surface area contributed by atoms with E-state index in [1.807, 2.05) is 0 Å². The Labute approximate surface area is 206 Å². The van der Waals surface area contributed by atoms with Crippen molar-refractivity contribution in [3.05, 3.63) is 102 Å². The first-order valence-corrected chi connectivity index (χ1v) is 11.3. The molecule has 3 heterocycles. The van der Waals surface area contributed by atoms with Gasteiger partial charge >= 0.3 is 5.63 Å². The third-order valence-corrected chi connectivity index (χ3v) is 6.21. The molecule has 0 unspecified atom stereocenters. The molecule has 0 aliphatic carbocycles. The molecular weight excluding hydrogens is 490 g/mol. The van der Waals surface area contributed by atoms with Crippen LogP contribution in [0.25, 0.3) is 45.2 Å². The number of nitro benzene ring substituents is 1. The van der Waals surface area contributed by atoms with Crippen molar-refractivity contribution in [2.75, 3.05) is 0 Å². The molecule has 0 amide bonds. The lowest BCUT2D eigenvalue weighted by Gasteiger charge is -2.00. The summed E-state index contributed by atoms with van der Waals surface area (Å²) in [4.78, 5) is 27.3. The highest BCUT2D eigenvalue weighted by Gasteiger charge is 2.15. The van der Waals surface area contributed by atoms with Gasteiger partial charge in [-0.05, 0) is 48.5 Å². The minimum Gasteiger partial charge on any atom is -0.457 e. The summed E-state index contributed by atoms with van der Waals surface area (Å²) in [6.07, 6.45) is 1.54. The van der Waals surface area contributed by atoms with Gasteiger partial charge < -0.3 is 8.83 Å². The topological polar surface area (TPSA) is 123 Å². The van der Waals surface area contributed by atoms with Crippen LogP contribution >= 0.6 is 22.9 Å². The summed E-state index contributed by atoms with van der Waals surface area (Å²) >= 11 is 7.25. The van der Waals surface area contributed by atoms with Crippen LogP contribution in [0.1, 0.15) is 10.8 Å². The number of allylic oxidation sites excluding steroid dienone is 1. The van der Waals surface area contributed by atoms with E-state index in [-0.39, 0.29) is 16.8 Å². The van der Waals surface area contributed by atoms with Crippen LogP contribution in [-0.2, 0) is 0 Å². The second-order valence-corrected chi connectivity index (χ2v) is 8.64. The van der Waals surface area contributed by atoms with Gasteiger partial charge in [0.15, 0.2) is 0 Å². The standard InChI is InChI=1S/C25H12ClN3O5S/c26-17-3-7-23-15(9-17)11-20(25(30)34-23)21-13-35-24(28-21)16(12-27)10-19-6-8-22(33-19)14-1-4-18(5-2-14)29(31)32/h1-11,13H/b16-10+. The lowest BCUT2D eigenvalue weighted by molar-refractivity contribution is -0.384. The van der Waals surface area contributed by atoms with Crippen LogP contribution < -0.4 is 5.63 Å². The van der Waals surface area contributed by atoms with Crippen LogP contribution in [0, 0.1) is 21.4 Å². The van der Waals surface area contributed by atoms with Crippen molar-refractivity contribution in [3.63, 3.8) is 0 Å². The summed E-state index contributed by atoms with van der Waals surface area (Å²) in [5, 5.41) is 23.8. The predicted molar refractivity (Wildman–Crippen MR) is 133 cm³/mol. The number of rotatable bonds is 5. The number of non-ortho nitro benzene ring substituents is 1. The number of hydrogen-bond donors (Lipinski definition) is 0. The van der Waals surface area contributed by atoms with Crippen molar-refractivity contribution in [1.29, 1.82) is 5.26 Å². The maximum atomic E-state index is 12.5. The molecule has 35 heavy (non-hydrogen) atoms. The Bertz CT molecular complexity index is 1720. The third kappa shape index (κ3) is 4.48. The molecule has 5 rings (SSSR count). The van der Waals surface area contributed by atoms with Crippen molar-refractivity contribution in [1.82, 2.24) is 4.98 Å². The number of benzene rings is 2. The van der Waals surface area contributed by atoms with Crippen molar-refractivity contribution in [2.45, 2.75) is 0 Å². The average Bonchev–Trinajstić information content (AvgIpc) is 3.52. The molecule has 0 N–H and O–H groups in total. The molecule has 3 aromatic heterocycles. The summed E-state index contributed by atoms with van der Waals surface area (Å²) in [6, 6.07) is 18.1. The van der Waals surface area contributed by atoms with Gasteiger partial charge in [-0.3, -0.25) is 10.1 Å². The molecule has 170 valence electrons. The number of fused-ring (bicyclic) bond motifs is 1. The first-order chi connectivity index (χ1) is 16.9. The predicted octanol–water partition coefficient (Wildman–Crippen LogP) is 6.80. The monoisotopic (exact) mass is 501 g/mol. The first kappa shape index (κ1) is 22.3. The van der Waals surface area contributed by atoms with Crippen LogP contribution in [0.15, 0.2) is 79.7 Å². The number of nitriles is 1. The van der Waals surface area contributed by atoms with Crippen LogP contribution in [0.4, 0.5) is 5.69 Å². The zero-order valence-corrected chi connectivity index (χ0v) is 19.2. The van der Waals surface area contributed by atoms with Crippen molar-refractivity contribution >= 4 is 51.2 Å². The smallest absolute Gasteiger partial charge is 0.345 e.